The molecule has 2 rings (SSSR count). The predicted octanol–water partition coefficient (Wildman–Crippen LogP) is 3.08. The number of carbonyl (C=O) groups excluding carboxylic acids is 1. The highest BCUT2D eigenvalue weighted by atomic mass is 19.1. The SMILES string of the molecule is CCC=CCOc1cccc(CNC(=O)c2cccnc2N)c1F. The fraction of sp³-hybridized carbons (Fsp3) is 0.222. The van der Waals surface area contributed by atoms with Gasteiger partial charge in [-0.3, -0.25) is 4.79 Å². The number of nitrogens with two attached hydrogens (primary N) is 1. The zero-order valence-electron chi connectivity index (χ0n) is 13.5. The van der Waals surface area contributed by atoms with Crippen LogP contribution in [0.5, 0.6) is 5.75 Å². The van der Waals surface area contributed by atoms with Crippen LogP contribution in [0.2, 0.25) is 0 Å². The second-order valence-electron chi connectivity index (χ2n) is 5.04. The van der Waals surface area contributed by atoms with Gasteiger partial charge in [0.05, 0.1) is 5.56 Å². The fourth-order valence-corrected chi connectivity index (χ4v) is 2.06. The maximum atomic E-state index is 14.4. The summed E-state index contributed by atoms with van der Waals surface area (Å²) in [6.45, 7) is 2.34. The Morgan fingerprint density at radius 3 is 2.92 bits per heavy atom. The highest BCUT2D eigenvalue weighted by molar-refractivity contribution is 5.98. The van der Waals surface area contributed by atoms with Crippen LogP contribution in [-0.4, -0.2) is 17.5 Å². The van der Waals surface area contributed by atoms with Gasteiger partial charge in [0.2, 0.25) is 0 Å². The lowest BCUT2D eigenvalue weighted by atomic mass is 10.2. The highest BCUT2D eigenvalue weighted by Crippen LogP contribution is 2.20. The standard InChI is InChI=1S/C18H20FN3O2/c1-2-3-4-11-24-15-9-5-7-13(16(15)19)12-22-18(23)14-8-6-10-21-17(14)20/h3-10H,2,11-12H2,1H3,(H2,20,21)(H,22,23). The van der Waals surface area contributed by atoms with Gasteiger partial charge in [-0.15, -0.1) is 0 Å². The molecule has 1 aromatic carbocycles. The van der Waals surface area contributed by atoms with Crippen LogP contribution in [0.4, 0.5) is 10.2 Å². The van der Waals surface area contributed by atoms with E-state index in [4.69, 9.17) is 10.5 Å². The molecule has 1 amide bonds. The molecule has 0 atom stereocenters. The van der Waals surface area contributed by atoms with E-state index in [0.29, 0.717) is 12.2 Å². The number of halogens is 1. The molecule has 0 unspecified atom stereocenters. The lowest BCUT2D eigenvalue weighted by Gasteiger charge is -2.10. The molecule has 6 heteroatoms. The molecule has 0 fully saturated rings. The van der Waals surface area contributed by atoms with Gasteiger partial charge < -0.3 is 15.8 Å². The summed E-state index contributed by atoms with van der Waals surface area (Å²) in [6, 6.07) is 8.01. The molecule has 0 saturated heterocycles. The van der Waals surface area contributed by atoms with Crippen LogP contribution in [0, 0.1) is 5.82 Å². The van der Waals surface area contributed by atoms with Crippen molar-refractivity contribution in [2.75, 3.05) is 12.3 Å². The predicted molar refractivity (Wildman–Crippen MR) is 91.1 cm³/mol. The summed E-state index contributed by atoms with van der Waals surface area (Å²) in [5.74, 6) is -0.599. The number of ether oxygens (including phenoxy) is 1. The molecule has 0 spiro atoms. The van der Waals surface area contributed by atoms with Crippen molar-refractivity contribution in [3.8, 4) is 5.75 Å². The number of anilines is 1. The first-order valence-corrected chi connectivity index (χ1v) is 7.67. The Balaban J connectivity index is 2.01. The molecule has 0 saturated carbocycles. The number of nitrogens with one attached hydrogen (secondary N) is 1. The number of pyridine rings is 1. The van der Waals surface area contributed by atoms with Gasteiger partial charge in [0.25, 0.3) is 5.91 Å². The Labute approximate surface area is 140 Å². The van der Waals surface area contributed by atoms with Gasteiger partial charge in [-0.25, -0.2) is 9.37 Å². The maximum absolute atomic E-state index is 14.4. The Bertz CT molecular complexity index is 732. The van der Waals surface area contributed by atoms with E-state index in [-0.39, 0.29) is 23.7 Å². The van der Waals surface area contributed by atoms with Crippen molar-refractivity contribution in [2.45, 2.75) is 19.9 Å². The van der Waals surface area contributed by atoms with Crippen molar-refractivity contribution in [1.29, 1.82) is 0 Å². The lowest BCUT2D eigenvalue weighted by molar-refractivity contribution is 0.0951. The van der Waals surface area contributed by atoms with Gasteiger partial charge in [0, 0.05) is 18.3 Å². The van der Waals surface area contributed by atoms with Crippen molar-refractivity contribution in [2.24, 2.45) is 0 Å². The van der Waals surface area contributed by atoms with Crippen LogP contribution in [0.15, 0.2) is 48.7 Å². The number of hydrogen-bond acceptors (Lipinski definition) is 4. The summed E-state index contributed by atoms with van der Waals surface area (Å²) in [4.78, 5) is 15.9. The second-order valence-corrected chi connectivity index (χ2v) is 5.04. The summed E-state index contributed by atoms with van der Waals surface area (Å²) >= 11 is 0. The number of rotatable bonds is 7. The number of carbonyl (C=O) groups is 1. The number of allylic oxidation sites excluding steroid dienone is 1. The molecular formula is C18H20FN3O2. The van der Waals surface area contributed by atoms with E-state index >= 15 is 0 Å². The van der Waals surface area contributed by atoms with Gasteiger partial charge in [-0.05, 0) is 24.6 Å². The van der Waals surface area contributed by atoms with E-state index in [1.54, 1.807) is 30.3 Å². The first-order valence-electron chi connectivity index (χ1n) is 7.67. The van der Waals surface area contributed by atoms with E-state index in [0.717, 1.165) is 6.42 Å². The number of nitrogen functional groups attached to an aromatic ring is 1. The maximum Gasteiger partial charge on any atom is 0.255 e. The quantitative estimate of drug-likeness (QED) is 0.765. The van der Waals surface area contributed by atoms with Gasteiger partial charge in [0.15, 0.2) is 11.6 Å². The molecule has 0 aliphatic rings. The zero-order chi connectivity index (χ0) is 17.4. The summed E-state index contributed by atoms with van der Waals surface area (Å²) in [7, 11) is 0. The van der Waals surface area contributed by atoms with Gasteiger partial charge in [-0.1, -0.05) is 31.2 Å². The Hall–Kier alpha value is -2.89. The Morgan fingerprint density at radius 2 is 2.17 bits per heavy atom. The monoisotopic (exact) mass is 329 g/mol. The minimum atomic E-state index is -0.484. The van der Waals surface area contributed by atoms with E-state index in [1.165, 1.54) is 6.20 Å². The van der Waals surface area contributed by atoms with Crippen LogP contribution < -0.4 is 15.8 Å². The molecular weight excluding hydrogens is 309 g/mol. The topological polar surface area (TPSA) is 77.2 Å². The van der Waals surface area contributed by atoms with Crippen molar-refractivity contribution < 1.29 is 13.9 Å². The molecule has 1 aromatic heterocycles. The van der Waals surface area contributed by atoms with Crippen LogP contribution in [0.3, 0.4) is 0 Å². The zero-order valence-corrected chi connectivity index (χ0v) is 13.5. The molecule has 0 aliphatic heterocycles. The number of benzene rings is 1. The molecule has 0 bridgehead atoms. The molecule has 24 heavy (non-hydrogen) atoms. The Kier molecular flexibility index (Phi) is 6.31. The van der Waals surface area contributed by atoms with Crippen LogP contribution >= 0.6 is 0 Å². The minimum absolute atomic E-state index is 0.0288. The summed E-state index contributed by atoms with van der Waals surface area (Å²) in [5, 5.41) is 2.63. The fourth-order valence-electron chi connectivity index (χ4n) is 2.06. The largest absolute Gasteiger partial charge is 0.486 e. The normalized spacial score (nSPS) is 10.8. The van der Waals surface area contributed by atoms with Crippen LogP contribution in [-0.2, 0) is 6.54 Å². The highest BCUT2D eigenvalue weighted by Gasteiger charge is 2.13. The average molecular weight is 329 g/mol. The van der Waals surface area contributed by atoms with Gasteiger partial charge in [0.1, 0.15) is 12.4 Å². The van der Waals surface area contributed by atoms with Gasteiger partial charge >= 0.3 is 0 Å². The first kappa shape index (κ1) is 17.5. The van der Waals surface area contributed by atoms with E-state index in [1.807, 2.05) is 19.1 Å². The van der Waals surface area contributed by atoms with E-state index < -0.39 is 11.7 Å². The third-order valence-corrected chi connectivity index (χ3v) is 3.30. The third-order valence-electron chi connectivity index (χ3n) is 3.30. The third kappa shape index (κ3) is 4.55. The van der Waals surface area contributed by atoms with Crippen LogP contribution in [0.1, 0.15) is 29.3 Å². The number of amides is 1. The van der Waals surface area contributed by atoms with Crippen LogP contribution in [0.25, 0.3) is 0 Å². The molecule has 2 aromatic rings. The summed E-state index contributed by atoms with van der Waals surface area (Å²) in [5.41, 5.74) is 6.25. The van der Waals surface area contributed by atoms with Crippen molar-refractivity contribution >= 4 is 11.7 Å². The molecule has 0 aliphatic carbocycles. The van der Waals surface area contributed by atoms with Gasteiger partial charge in [-0.2, -0.15) is 0 Å². The molecule has 0 radical (unpaired) electrons. The minimum Gasteiger partial charge on any atom is -0.486 e. The Morgan fingerprint density at radius 1 is 1.33 bits per heavy atom. The molecule has 1 heterocycles. The van der Waals surface area contributed by atoms with Crippen molar-refractivity contribution in [3.05, 3.63) is 65.6 Å². The first-order chi connectivity index (χ1) is 11.6. The molecule has 3 N–H and O–H groups in total. The van der Waals surface area contributed by atoms with Crippen molar-refractivity contribution in [3.63, 3.8) is 0 Å². The lowest BCUT2D eigenvalue weighted by Crippen LogP contribution is -2.24. The molecule has 126 valence electrons. The average Bonchev–Trinajstić information content (AvgIpc) is 2.59. The number of hydrogen-bond donors (Lipinski definition) is 2. The summed E-state index contributed by atoms with van der Waals surface area (Å²) in [6.07, 6.45) is 6.17. The smallest absolute Gasteiger partial charge is 0.255 e. The number of nitrogens with zero attached hydrogens (tertiary/aromatic N) is 1. The molecule has 5 nitrogen and oxygen atoms in total. The van der Waals surface area contributed by atoms with E-state index in [9.17, 15) is 9.18 Å². The number of aromatic nitrogens is 1. The van der Waals surface area contributed by atoms with E-state index in [2.05, 4.69) is 10.3 Å². The van der Waals surface area contributed by atoms with Crippen molar-refractivity contribution in [1.82, 2.24) is 10.3 Å². The summed E-state index contributed by atoms with van der Waals surface area (Å²) < 4.78 is 19.8. The second kappa shape index (κ2) is 8.67.